The third-order valence-corrected chi connectivity index (χ3v) is 4.72. The monoisotopic (exact) mass is 324 g/mol. The second-order valence-electron chi connectivity index (χ2n) is 3.40. The van der Waals surface area contributed by atoms with E-state index >= 15 is 0 Å². The van der Waals surface area contributed by atoms with E-state index < -0.39 is 10.0 Å². The van der Waals surface area contributed by atoms with Gasteiger partial charge in [0.15, 0.2) is 0 Å². The predicted octanol–water partition coefficient (Wildman–Crippen LogP) is 1.62. The molecule has 0 amide bonds. The third kappa shape index (κ3) is 4.10. The Morgan fingerprint density at radius 3 is 2.72 bits per heavy atom. The van der Waals surface area contributed by atoms with E-state index in [-0.39, 0.29) is 14.9 Å². The number of thioether (sulfide) groups is 1. The summed E-state index contributed by atoms with van der Waals surface area (Å²) in [5.74, 6) is 0.706. The van der Waals surface area contributed by atoms with Gasteiger partial charge in [-0.1, -0.05) is 23.8 Å². The van der Waals surface area contributed by atoms with E-state index in [1.165, 1.54) is 18.2 Å². The Hall–Kier alpha value is -0.340. The number of benzene rings is 1. The molecule has 0 atom stereocenters. The molecule has 0 unspecified atom stereocenters. The number of sulfonamides is 1. The van der Waals surface area contributed by atoms with Crippen LogP contribution in [0.2, 0.25) is 5.02 Å². The van der Waals surface area contributed by atoms with Crippen LogP contribution in [0.3, 0.4) is 0 Å². The van der Waals surface area contributed by atoms with Crippen molar-refractivity contribution in [2.75, 3.05) is 18.6 Å². The van der Waals surface area contributed by atoms with Crippen molar-refractivity contribution < 1.29 is 8.42 Å². The molecule has 18 heavy (non-hydrogen) atoms. The molecule has 0 spiro atoms. The highest BCUT2D eigenvalue weighted by Crippen LogP contribution is 2.20. The van der Waals surface area contributed by atoms with Gasteiger partial charge in [-0.15, -0.1) is 0 Å². The number of thiocarbonyl (C=S) groups is 1. The summed E-state index contributed by atoms with van der Waals surface area (Å²) in [6.07, 6.45) is 1.90. The zero-order chi connectivity index (χ0) is 13.8. The molecular weight excluding hydrogens is 312 g/mol. The molecule has 1 rings (SSSR count). The minimum Gasteiger partial charge on any atom is -0.389 e. The van der Waals surface area contributed by atoms with Crippen LogP contribution in [0.15, 0.2) is 23.1 Å². The summed E-state index contributed by atoms with van der Waals surface area (Å²) >= 11 is 12.3. The Bertz CT molecular complexity index is 546. The number of nitrogens with two attached hydrogens (primary N) is 1. The minimum absolute atomic E-state index is 0.105. The van der Waals surface area contributed by atoms with E-state index in [0.717, 1.165) is 0 Å². The second kappa shape index (κ2) is 6.72. The Kier molecular flexibility index (Phi) is 5.87. The van der Waals surface area contributed by atoms with Crippen LogP contribution in [0.4, 0.5) is 0 Å². The number of rotatable bonds is 6. The van der Waals surface area contributed by atoms with Gasteiger partial charge in [-0.2, -0.15) is 11.8 Å². The molecule has 0 aromatic heterocycles. The Labute approximate surface area is 121 Å². The standard InChI is InChI=1S/C10H13ClN2O2S3/c1-17-5-4-13-18(14,15)7-2-3-8(10(12)16)9(11)6-7/h2-3,6,13H,4-5H2,1H3,(H2,12,16). The molecule has 1 aromatic carbocycles. The highest BCUT2D eigenvalue weighted by Gasteiger charge is 2.15. The van der Waals surface area contributed by atoms with Gasteiger partial charge in [0.2, 0.25) is 10.0 Å². The minimum atomic E-state index is -3.53. The predicted molar refractivity (Wildman–Crippen MR) is 80.9 cm³/mol. The number of nitrogens with one attached hydrogen (secondary N) is 1. The van der Waals surface area contributed by atoms with E-state index in [2.05, 4.69) is 4.72 Å². The van der Waals surface area contributed by atoms with Gasteiger partial charge in [0, 0.05) is 17.9 Å². The summed E-state index contributed by atoms with van der Waals surface area (Å²) in [7, 11) is -3.53. The van der Waals surface area contributed by atoms with Gasteiger partial charge in [-0.25, -0.2) is 13.1 Å². The fraction of sp³-hybridized carbons (Fsp3) is 0.300. The molecule has 0 saturated carbocycles. The molecule has 0 bridgehead atoms. The Morgan fingerprint density at radius 2 is 2.22 bits per heavy atom. The smallest absolute Gasteiger partial charge is 0.240 e. The maximum absolute atomic E-state index is 11.9. The van der Waals surface area contributed by atoms with Gasteiger partial charge in [-0.3, -0.25) is 0 Å². The zero-order valence-corrected chi connectivity index (χ0v) is 12.8. The fourth-order valence-corrected chi connectivity index (χ4v) is 3.30. The first-order chi connectivity index (χ1) is 8.38. The summed E-state index contributed by atoms with van der Waals surface area (Å²) in [6.45, 7) is 0.373. The van der Waals surface area contributed by atoms with Crippen molar-refractivity contribution in [3.8, 4) is 0 Å². The Morgan fingerprint density at radius 1 is 1.56 bits per heavy atom. The maximum Gasteiger partial charge on any atom is 0.240 e. The molecule has 0 aliphatic carbocycles. The molecule has 0 heterocycles. The highest BCUT2D eigenvalue weighted by molar-refractivity contribution is 7.98. The summed E-state index contributed by atoms with van der Waals surface area (Å²) in [4.78, 5) is 0.243. The van der Waals surface area contributed by atoms with E-state index in [4.69, 9.17) is 29.6 Å². The van der Waals surface area contributed by atoms with Gasteiger partial charge < -0.3 is 5.73 Å². The Balaban J connectivity index is 2.97. The normalized spacial score (nSPS) is 11.4. The fourth-order valence-electron chi connectivity index (χ4n) is 1.22. The molecule has 0 saturated heterocycles. The van der Waals surface area contributed by atoms with Crippen LogP contribution in [-0.2, 0) is 10.0 Å². The lowest BCUT2D eigenvalue weighted by Crippen LogP contribution is -2.26. The van der Waals surface area contributed by atoms with Gasteiger partial charge in [0.05, 0.1) is 9.92 Å². The van der Waals surface area contributed by atoms with Crippen molar-refractivity contribution in [2.45, 2.75) is 4.90 Å². The van der Waals surface area contributed by atoms with Crippen molar-refractivity contribution in [2.24, 2.45) is 5.73 Å². The summed E-state index contributed by atoms with van der Waals surface area (Å²) < 4.78 is 26.3. The molecule has 100 valence electrons. The van der Waals surface area contributed by atoms with E-state index in [9.17, 15) is 8.42 Å². The summed E-state index contributed by atoms with van der Waals surface area (Å²) in [5, 5.41) is 0.232. The lowest BCUT2D eigenvalue weighted by Gasteiger charge is -2.08. The van der Waals surface area contributed by atoms with Crippen molar-refractivity contribution in [1.29, 1.82) is 0 Å². The average Bonchev–Trinajstić information content (AvgIpc) is 2.28. The van der Waals surface area contributed by atoms with Crippen LogP contribution in [0.25, 0.3) is 0 Å². The molecule has 0 radical (unpaired) electrons. The average molecular weight is 325 g/mol. The largest absolute Gasteiger partial charge is 0.389 e. The molecular formula is C10H13ClN2O2S3. The molecule has 4 nitrogen and oxygen atoms in total. The SMILES string of the molecule is CSCCNS(=O)(=O)c1ccc(C(N)=S)c(Cl)c1. The first-order valence-corrected chi connectivity index (χ1v) is 8.63. The van der Waals surface area contributed by atoms with Gasteiger partial charge >= 0.3 is 0 Å². The molecule has 0 aliphatic heterocycles. The van der Waals surface area contributed by atoms with E-state index in [1.807, 2.05) is 6.26 Å². The topological polar surface area (TPSA) is 72.2 Å². The van der Waals surface area contributed by atoms with Crippen molar-refractivity contribution in [3.63, 3.8) is 0 Å². The summed E-state index contributed by atoms with van der Waals surface area (Å²) in [6, 6.07) is 4.28. The van der Waals surface area contributed by atoms with Gasteiger partial charge in [0.25, 0.3) is 0 Å². The molecule has 8 heteroatoms. The van der Waals surface area contributed by atoms with E-state index in [0.29, 0.717) is 17.9 Å². The maximum atomic E-state index is 11.9. The summed E-state index contributed by atoms with van der Waals surface area (Å²) in [5.41, 5.74) is 5.92. The number of hydrogen-bond acceptors (Lipinski definition) is 4. The highest BCUT2D eigenvalue weighted by atomic mass is 35.5. The van der Waals surface area contributed by atoms with Crippen LogP contribution in [0.1, 0.15) is 5.56 Å². The lowest BCUT2D eigenvalue weighted by molar-refractivity contribution is 0.584. The van der Waals surface area contributed by atoms with Crippen LogP contribution in [0.5, 0.6) is 0 Å². The first kappa shape index (κ1) is 15.7. The van der Waals surface area contributed by atoms with Crippen LogP contribution >= 0.6 is 35.6 Å². The van der Waals surface area contributed by atoms with E-state index in [1.54, 1.807) is 11.8 Å². The quantitative estimate of drug-likeness (QED) is 0.614. The molecule has 1 aromatic rings. The van der Waals surface area contributed by atoms with Crippen molar-refractivity contribution >= 4 is 50.6 Å². The number of hydrogen-bond donors (Lipinski definition) is 2. The van der Waals surface area contributed by atoms with Crippen LogP contribution in [0, 0.1) is 0 Å². The van der Waals surface area contributed by atoms with Crippen molar-refractivity contribution in [3.05, 3.63) is 28.8 Å². The molecule has 0 fully saturated rings. The first-order valence-electron chi connectivity index (χ1n) is 4.96. The third-order valence-electron chi connectivity index (χ3n) is 2.11. The second-order valence-corrected chi connectivity index (χ2v) is 7.00. The molecule has 0 aliphatic rings. The number of halogens is 1. The van der Waals surface area contributed by atoms with Gasteiger partial charge in [0.1, 0.15) is 4.99 Å². The lowest BCUT2D eigenvalue weighted by atomic mass is 10.2. The van der Waals surface area contributed by atoms with Crippen molar-refractivity contribution in [1.82, 2.24) is 4.72 Å². The van der Waals surface area contributed by atoms with Gasteiger partial charge in [-0.05, 0) is 24.5 Å². The zero-order valence-electron chi connectivity index (χ0n) is 9.64. The van der Waals surface area contributed by atoms with Crippen LogP contribution in [-0.4, -0.2) is 32.0 Å². The molecule has 3 N–H and O–H groups in total. The van der Waals surface area contributed by atoms with Crippen LogP contribution < -0.4 is 10.5 Å².